The van der Waals surface area contributed by atoms with E-state index in [-0.39, 0.29) is 4.87 Å². The van der Waals surface area contributed by atoms with E-state index < -0.39 is 0 Å². The van der Waals surface area contributed by atoms with Gasteiger partial charge in [0, 0.05) is 7.05 Å². The monoisotopic (exact) mass is 250 g/mol. The molecule has 0 aliphatic rings. The summed E-state index contributed by atoms with van der Waals surface area (Å²) < 4.78 is 2.81. The Balaban J connectivity index is 2.12. The first kappa shape index (κ1) is 12.3. The molecule has 92 valence electrons. The van der Waals surface area contributed by atoms with Gasteiger partial charge < -0.3 is 9.88 Å². The molecule has 0 saturated carbocycles. The molecule has 1 aromatic carbocycles. The molecule has 0 radical (unpaired) electrons. The molecule has 4 heteroatoms. The summed E-state index contributed by atoms with van der Waals surface area (Å²) in [7, 11) is 3.81. The highest BCUT2D eigenvalue weighted by Gasteiger charge is 2.04. The first-order valence-electron chi connectivity index (χ1n) is 5.95. The van der Waals surface area contributed by atoms with Crippen molar-refractivity contribution in [3.05, 3.63) is 33.4 Å². The van der Waals surface area contributed by atoms with Crippen LogP contribution in [0.25, 0.3) is 10.2 Å². The van der Waals surface area contributed by atoms with Gasteiger partial charge >= 0.3 is 4.87 Å². The molecule has 0 amide bonds. The maximum absolute atomic E-state index is 11.5. The normalized spacial score (nSPS) is 11.2. The maximum Gasteiger partial charge on any atom is 0.307 e. The molecular weight excluding hydrogens is 232 g/mol. The lowest BCUT2D eigenvalue weighted by Crippen LogP contribution is -2.07. The second-order valence-corrected chi connectivity index (χ2v) is 5.28. The topological polar surface area (TPSA) is 34.0 Å². The van der Waals surface area contributed by atoms with Crippen molar-refractivity contribution in [2.75, 3.05) is 13.6 Å². The van der Waals surface area contributed by atoms with Gasteiger partial charge in [-0.15, -0.1) is 0 Å². The molecule has 1 aromatic heterocycles. The van der Waals surface area contributed by atoms with E-state index in [0.717, 1.165) is 23.2 Å². The molecule has 0 fully saturated rings. The van der Waals surface area contributed by atoms with Crippen LogP contribution in [0.5, 0.6) is 0 Å². The first-order valence-corrected chi connectivity index (χ1v) is 6.77. The number of rotatable bonds is 5. The number of hydrogen-bond acceptors (Lipinski definition) is 3. The number of benzene rings is 1. The van der Waals surface area contributed by atoms with Crippen LogP contribution in [-0.4, -0.2) is 18.2 Å². The van der Waals surface area contributed by atoms with Crippen LogP contribution in [0.3, 0.4) is 0 Å². The Labute approximate surface area is 105 Å². The lowest BCUT2D eigenvalue weighted by molar-refractivity contribution is 0.677. The fourth-order valence-electron chi connectivity index (χ4n) is 1.96. The second-order valence-electron chi connectivity index (χ2n) is 4.29. The van der Waals surface area contributed by atoms with Crippen LogP contribution >= 0.6 is 11.3 Å². The highest BCUT2D eigenvalue weighted by atomic mass is 32.1. The van der Waals surface area contributed by atoms with Crippen LogP contribution in [0.15, 0.2) is 23.0 Å². The molecule has 1 N–H and O–H groups in total. The molecular formula is C13H18N2OS. The van der Waals surface area contributed by atoms with Gasteiger partial charge in [-0.2, -0.15) is 0 Å². The fourth-order valence-corrected chi connectivity index (χ4v) is 2.91. The van der Waals surface area contributed by atoms with Crippen LogP contribution in [0.2, 0.25) is 0 Å². The Kier molecular flexibility index (Phi) is 3.97. The molecule has 0 aliphatic carbocycles. The molecule has 0 spiro atoms. The quantitative estimate of drug-likeness (QED) is 0.825. The van der Waals surface area contributed by atoms with Crippen molar-refractivity contribution in [2.45, 2.75) is 19.3 Å². The summed E-state index contributed by atoms with van der Waals surface area (Å²) in [5.41, 5.74) is 2.37. The van der Waals surface area contributed by atoms with E-state index in [2.05, 4.69) is 23.5 Å². The van der Waals surface area contributed by atoms with Crippen molar-refractivity contribution in [3.63, 3.8) is 0 Å². The molecule has 0 unspecified atom stereocenters. The first-order chi connectivity index (χ1) is 8.22. The van der Waals surface area contributed by atoms with Gasteiger partial charge in [0.05, 0.1) is 10.2 Å². The second kappa shape index (κ2) is 5.47. The van der Waals surface area contributed by atoms with Crippen molar-refractivity contribution in [3.8, 4) is 0 Å². The molecule has 0 aliphatic heterocycles. The summed E-state index contributed by atoms with van der Waals surface area (Å²) in [5.74, 6) is 0. The minimum absolute atomic E-state index is 0.118. The Morgan fingerprint density at radius 3 is 2.94 bits per heavy atom. The van der Waals surface area contributed by atoms with Crippen LogP contribution in [0, 0.1) is 0 Å². The Bertz CT molecular complexity index is 556. The zero-order valence-corrected chi connectivity index (χ0v) is 11.1. The van der Waals surface area contributed by atoms with Gasteiger partial charge in [-0.25, -0.2) is 0 Å². The van der Waals surface area contributed by atoms with Gasteiger partial charge in [0.25, 0.3) is 0 Å². The van der Waals surface area contributed by atoms with Crippen LogP contribution in [0.4, 0.5) is 0 Å². The number of aromatic nitrogens is 1. The summed E-state index contributed by atoms with van der Waals surface area (Å²) in [5, 5.41) is 3.15. The van der Waals surface area contributed by atoms with Gasteiger partial charge in [0.15, 0.2) is 0 Å². The van der Waals surface area contributed by atoms with E-state index in [4.69, 9.17) is 0 Å². The summed E-state index contributed by atoms with van der Waals surface area (Å²) in [6.45, 7) is 1.07. The third-order valence-electron chi connectivity index (χ3n) is 3.00. The number of nitrogens with zero attached hydrogens (tertiary/aromatic N) is 1. The van der Waals surface area contributed by atoms with Gasteiger partial charge in [-0.1, -0.05) is 17.4 Å². The summed E-state index contributed by atoms with van der Waals surface area (Å²) >= 11 is 1.33. The molecule has 1 heterocycles. The minimum Gasteiger partial charge on any atom is -0.320 e. The minimum atomic E-state index is 0.118. The van der Waals surface area contributed by atoms with E-state index in [1.54, 1.807) is 4.57 Å². The van der Waals surface area contributed by atoms with Gasteiger partial charge in [-0.3, -0.25) is 4.79 Å². The number of fused-ring (bicyclic) bond motifs is 1. The van der Waals surface area contributed by atoms with Crippen molar-refractivity contribution in [2.24, 2.45) is 7.05 Å². The van der Waals surface area contributed by atoms with Crippen LogP contribution in [-0.2, 0) is 13.5 Å². The molecule has 2 rings (SSSR count). The van der Waals surface area contributed by atoms with Gasteiger partial charge in [-0.05, 0) is 50.6 Å². The molecule has 0 bridgehead atoms. The van der Waals surface area contributed by atoms with Gasteiger partial charge in [0.2, 0.25) is 0 Å². The average molecular weight is 250 g/mol. The number of thiazole rings is 1. The number of unbranched alkanes of at least 4 members (excludes halogenated alkanes) is 1. The highest BCUT2D eigenvalue weighted by molar-refractivity contribution is 7.16. The lowest BCUT2D eigenvalue weighted by atomic mass is 10.1. The molecule has 2 aromatic rings. The predicted octanol–water partition coefficient (Wildman–Crippen LogP) is 2.14. The van der Waals surface area contributed by atoms with Crippen LogP contribution in [0.1, 0.15) is 18.4 Å². The van der Waals surface area contributed by atoms with Crippen molar-refractivity contribution >= 4 is 21.6 Å². The van der Waals surface area contributed by atoms with E-state index in [0.29, 0.717) is 0 Å². The van der Waals surface area contributed by atoms with Crippen molar-refractivity contribution in [1.29, 1.82) is 0 Å². The molecule has 0 saturated heterocycles. The summed E-state index contributed by atoms with van der Waals surface area (Å²) in [4.78, 5) is 11.6. The summed E-state index contributed by atoms with van der Waals surface area (Å²) in [6.07, 6.45) is 3.47. The van der Waals surface area contributed by atoms with E-state index in [1.807, 2.05) is 14.1 Å². The number of hydrogen-bond donors (Lipinski definition) is 1. The van der Waals surface area contributed by atoms with Crippen LogP contribution < -0.4 is 10.2 Å². The maximum atomic E-state index is 11.5. The van der Waals surface area contributed by atoms with Crippen molar-refractivity contribution < 1.29 is 0 Å². The SMILES string of the molecule is CNCCCCc1ccc2c(c1)sc(=O)n2C. The Hall–Kier alpha value is -1.13. The van der Waals surface area contributed by atoms with E-state index >= 15 is 0 Å². The van der Waals surface area contributed by atoms with E-state index in [1.165, 1.54) is 29.7 Å². The Morgan fingerprint density at radius 1 is 1.35 bits per heavy atom. The van der Waals surface area contributed by atoms with Gasteiger partial charge in [0.1, 0.15) is 0 Å². The average Bonchev–Trinajstić information content (AvgIpc) is 2.61. The molecule has 3 nitrogen and oxygen atoms in total. The number of aryl methyl sites for hydroxylation is 2. The standard InChI is InChI=1S/C13H18N2OS/c1-14-8-4-3-5-10-6-7-11-12(9-10)17-13(16)15(11)2/h6-7,9,14H,3-5,8H2,1-2H3. The fraction of sp³-hybridized carbons (Fsp3) is 0.462. The Morgan fingerprint density at radius 2 is 2.18 bits per heavy atom. The van der Waals surface area contributed by atoms with E-state index in [9.17, 15) is 4.79 Å². The zero-order valence-electron chi connectivity index (χ0n) is 10.3. The van der Waals surface area contributed by atoms with Crippen molar-refractivity contribution in [1.82, 2.24) is 9.88 Å². The predicted molar refractivity (Wildman–Crippen MR) is 73.9 cm³/mol. The zero-order chi connectivity index (χ0) is 12.3. The highest BCUT2D eigenvalue weighted by Crippen LogP contribution is 2.19. The lowest BCUT2D eigenvalue weighted by Gasteiger charge is -2.02. The molecule has 17 heavy (non-hydrogen) atoms. The smallest absolute Gasteiger partial charge is 0.307 e. The molecule has 0 atom stereocenters. The third-order valence-corrected chi connectivity index (χ3v) is 3.99. The number of nitrogens with one attached hydrogen (secondary N) is 1. The summed E-state index contributed by atoms with van der Waals surface area (Å²) in [6, 6.07) is 6.34. The third kappa shape index (κ3) is 2.76. The largest absolute Gasteiger partial charge is 0.320 e.